The molecule has 5 nitrogen and oxygen atoms in total. The smallest absolute Gasteiger partial charge is 0.336 e. The Balaban J connectivity index is 2.60. The van der Waals surface area contributed by atoms with Crippen molar-refractivity contribution in [2.45, 2.75) is 27.2 Å². The number of carboxylic acids is 1. The van der Waals surface area contributed by atoms with E-state index in [1.54, 1.807) is 19.1 Å². The Morgan fingerprint density at radius 2 is 2.00 bits per heavy atom. The molecule has 0 unspecified atom stereocenters. The minimum atomic E-state index is -0.999. The third kappa shape index (κ3) is 4.99. The molecule has 0 fully saturated rings. The number of rotatable bonds is 5. The van der Waals surface area contributed by atoms with E-state index in [0.717, 1.165) is 6.42 Å². The molecular formula is C14H20N2O3. The molecule has 0 bridgehead atoms. The van der Waals surface area contributed by atoms with E-state index in [-0.39, 0.29) is 11.6 Å². The van der Waals surface area contributed by atoms with Crippen LogP contribution in [0.25, 0.3) is 0 Å². The average molecular weight is 264 g/mol. The van der Waals surface area contributed by atoms with Crippen molar-refractivity contribution in [2.75, 3.05) is 11.9 Å². The average Bonchev–Trinajstić information content (AvgIpc) is 2.30. The summed E-state index contributed by atoms with van der Waals surface area (Å²) in [6.07, 6.45) is 0.904. The van der Waals surface area contributed by atoms with E-state index in [1.807, 2.05) is 0 Å². The molecule has 19 heavy (non-hydrogen) atoms. The summed E-state index contributed by atoms with van der Waals surface area (Å²) in [5.41, 5.74) is 1.34. The monoisotopic (exact) mass is 264 g/mol. The Labute approximate surface area is 113 Å². The highest BCUT2D eigenvalue weighted by atomic mass is 16.4. The second kappa shape index (κ2) is 6.78. The number of amides is 2. The van der Waals surface area contributed by atoms with Crippen molar-refractivity contribution in [3.63, 3.8) is 0 Å². The highest BCUT2D eigenvalue weighted by Gasteiger charge is 2.09. The molecule has 1 aromatic rings. The number of aryl methyl sites for hydroxylation is 1. The molecule has 0 heterocycles. The van der Waals surface area contributed by atoms with Gasteiger partial charge in [-0.05, 0) is 37.0 Å². The molecule has 1 rings (SSSR count). The minimum absolute atomic E-state index is 0.194. The van der Waals surface area contributed by atoms with Gasteiger partial charge in [-0.25, -0.2) is 9.59 Å². The molecule has 0 atom stereocenters. The molecule has 0 aliphatic heterocycles. The van der Waals surface area contributed by atoms with E-state index < -0.39 is 5.97 Å². The van der Waals surface area contributed by atoms with E-state index in [0.29, 0.717) is 23.7 Å². The number of benzene rings is 1. The highest BCUT2D eigenvalue weighted by molar-refractivity contribution is 5.94. The Kier molecular flexibility index (Phi) is 5.36. The second-order valence-electron chi connectivity index (χ2n) is 4.90. The lowest BCUT2D eigenvalue weighted by molar-refractivity contribution is 0.0696. The molecule has 0 aliphatic rings. The maximum Gasteiger partial charge on any atom is 0.336 e. The predicted octanol–water partition coefficient (Wildman–Crippen LogP) is 2.86. The summed E-state index contributed by atoms with van der Waals surface area (Å²) in [5, 5.41) is 14.4. The zero-order valence-electron chi connectivity index (χ0n) is 11.5. The summed E-state index contributed by atoms with van der Waals surface area (Å²) in [6, 6.07) is 4.50. The number of carboxylic acid groups (broad SMARTS) is 1. The van der Waals surface area contributed by atoms with E-state index in [9.17, 15) is 9.59 Å². The number of aromatic carboxylic acids is 1. The molecule has 0 saturated heterocycles. The summed E-state index contributed by atoms with van der Waals surface area (Å²) in [6.45, 7) is 6.48. The molecule has 2 amide bonds. The molecule has 0 aromatic heterocycles. The van der Waals surface area contributed by atoms with Gasteiger partial charge in [0.1, 0.15) is 0 Å². The van der Waals surface area contributed by atoms with Crippen molar-refractivity contribution < 1.29 is 14.7 Å². The van der Waals surface area contributed by atoms with Gasteiger partial charge in [-0.3, -0.25) is 0 Å². The SMILES string of the molecule is Cc1ccc(NC(=O)NCCC(C)C)cc1C(=O)O. The first kappa shape index (κ1) is 15.0. The largest absolute Gasteiger partial charge is 0.478 e. The Hall–Kier alpha value is -2.04. The van der Waals surface area contributed by atoms with Crippen LogP contribution in [0.2, 0.25) is 0 Å². The van der Waals surface area contributed by atoms with Gasteiger partial charge in [0.2, 0.25) is 0 Å². The van der Waals surface area contributed by atoms with Gasteiger partial charge in [0.15, 0.2) is 0 Å². The first-order valence-electron chi connectivity index (χ1n) is 6.29. The van der Waals surface area contributed by atoms with Crippen LogP contribution < -0.4 is 10.6 Å². The Bertz CT molecular complexity index is 470. The van der Waals surface area contributed by atoms with Crippen molar-refractivity contribution in [1.29, 1.82) is 0 Å². The summed E-state index contributed by atoms with van der Waals surface area (Å²) >= 11 is 0. The third-order valence-corrected chi connectivity index (χ3v) is 2.73. The number of urea groups is 1. The topological polar surface area (TPSA) is 78.4 Å². The van der Waals surface area contributed by atoms with Crippen LogP contribution in [0.4, 0.5) is 10.5 Å². The van der Waals surface area contributed by atoms with Crippen LogP contribution in [0.1, 0.15) is 36.2 Å². The number of hydrogen-bond donors (Lipinski definition) is 3. The lowest BCUT2D eigenvalue weighted by atomic mass is 10.1. The predicted molar refractivity (Wildman–Crippen MR) is 74.6 cm³/mol. The lowest BCUT2D eigenvalue weighted by Crippen LogP contribution is -2.30. The van der Waals surface area contributed by atoms with Gasteiger partial charge < -0.3 is 15.7 Å². The summed E-state index contributed by atoms with van der Waals surface area (Å²) in [7, 11) is 0. The number of hydrogen-bond acceptors (Lipinski definition) is 2. The Morgan fingerprint density at radius 3 is 2.58 bits per heavy atom. The zero-order valence-corrected chi connectivity index (χ0v) is 11.5. The van der Waals surface area contributed by atoms with Crippen LogP contribution in [0.3, 0.4) is 0 Å². The maximum atomic E-state index is 11.6. The minimum Gasteiger partial charge on any atom is -0.478 e. The third-order valence-electron chi connectivity index (χ3n) is 2.73. The molecule has 0 radical (unpaired) electrons. The molecule has 0 saturated carbocycles. The standard InChI is InChI=1S/C14H20N2O3/c1-9(2)6-7-15-14(19)16-11-5-4-10(3)12(8-11)13(17)18/h4-5,8-9H,6-7H2,1-3H3,(H,17,18)(H2,15,16,19). The summed E-state index contributed by atoms with van der Waals surface area (Å²) in [5.74, 6) is -0.473. The van der Waals surface area contributed by atoms with Gasteiger partial charge >= 0.3 is 12.0 Å². The number of nitrogens with one attached hydrogen (secondary N) is 2. The van der Waals surface area contributed by atoms with E-state index in [4.69, 9.17) is 5.11 Å². The summed E-state index contributed by atoms with van der Waals surface area (Å²) in [4.78, 5) is 22.6. The molecule has 3 N–H and O–H groups in total. The van der Waals surface area contributed by atoms with Crippen LogP contribution >= 0.6 is 0 Å². The lowest BCUT2D eigenvalue weighted by Gasteiger charge is -2.10. The molecule has 1 aromatic carbocycles. The van der Waals surface area contributed by atoms with E-state index in [1.165, 1.54) is 6.07 Å². The van der Waals surface area contributed by atoms with Crippen LogP contribution in [0.15, 0.2) is 18.2 Å². The van der Waals surface area contributed by atoms with E-state index in [2.05, 4.69) is 24.5 Å². The number of anilines is 1. The van der Waals surface area contributed by atoms with Crippen molar-refractivity contribution in [3.8, 4) is 0 Å². The van der Waals surface area contributed by atoms with Crippen LogP contribution in [0.5, 0.6) is 0 Å². The van der Waals surface area contributed by atoms with Gasteiger partial charge in [-0.15, -0.1) is 0 Å². The van der Waals surface area contributed by atoms with E-state index >= 15 is 0 Å². The van der Waals surface area contributed by atoms with Gasteiger partial charge in [0.25, 0.3) is 0 Å². The molecule has 0 spiro atoms. The van der Waals surface area contributed by atoms with Crippen molar-refractivity contribution >= 4 is 17.7 Å². The van der Waals surface area contributed by atoms with Gasteiger partial charge in [0.05, 0.1) is 5.56 Å². The molecule has 104 valence electrons. The zero-order chi connectivity index (χ0) is 14.4. The fraction of sp³-hybridized carbons (Fsp3) is 0.429. The first-order chi connectivity index (χ1) is 8.90. The van der Waals surface area contributed by atoms with Crippen LogP contribution in [0, 0.1) is 12.8 Å². The van der Waals surface area contributed by atoms with Crippen LogP contribution in [-0.4, -0.2) is 23.7 Å². The van der Waals surface area contributed by atoms with Crippen molar-refractivity contribution in [3.05, 3.63) is 29.3 Å². The fourth-order valence-electron chi connectivity index (χ4n) is 1.58. The quantitative estimate of drug-likeness (QED) is 0.765. The molecule has 5 heteroatoms. The van der Waals surface area contributed by atoms with Crippen molar-refractivity contribution in [1.82, 2.24) is 5.32 Å². The second-order valence-corrected chi connectivity index (χ2v) is 4.90. The summed E-state index contributed by atoms with van der Waals surface area (Å²) < 4.78 is 0. The first-order valence-corrected chi connectivity index (χ1v) is 6.29. The van der Waals surface area contributed by atoms with Gasteiger partial charge in [-0.1, -0.05) is 19.9 Å². The maximum absolute atomic E-state index is 11.6. The molecule has 0 aliphatic carbocycles. The normalized spacial score (nSPS) is 10.3. The van der Waals surface area contributed by atoms with Gasteiger partial charge in [0, 0.05) is 12.2 Å². The Morgan fingerprint density at radius 1 is 1.32 bits per heavy atom. The number of carbonyl (C=O) groups is 2. The fourth-order valence-corrected chi connectivity index (χ4v) is 1.58. The number of carbonyl (C=O) groups excluding carboxylic acids is 1. The van der Waals surface area contributed by atoms with Gasteiger partial charge in [-0.2, -0.15) is 0 Å². The van der Waals surface area contributed by atoms with Crippen LogP contribution in [-0.2, 0) is 0 Å². The molecular weight excluding hydrogens is 244 g/mol. The van der Waals surface area contributed by atoms with Crippen molar-refractivity contribution in [2.24, 2.45) is 5.92 Å². The highest BCUT2D eigenvalue weighted by Crippen LogP contribution is 2.15.